The lowest BCUT2D eigenvalue weighted by atomic mass is 9.83. The summed E-state index contributed by atoms with van der Waals surface area (Å²) in [5.41, 5.74) is 5.03. The Balaban J connectivity index is 1.97. The fourth-order valence-corrected chi connectivity index (χ4v) is 4.60. The van der Waals surface area contributed by atoms with Crippen LogP contribution >= 0.6 is 11.8 Å². The minimum atomic E-state index is -0.773. The topological polar surface area (TPSA) is 87.7 Å². The van der Waals surface area contributed by atoms with Crippen molar-refractivity contribution in [2.45, 2.75) is 63.2 Å². The number of carbonyl (C=O) groups is 1. The molecule has 2 atom stereocenters. The van der Waals surface area contributed by atoms with Crippen LogP contribution in [0.2, 0.25) is 0 Å². The van der Waals surface area contributed by atoms with E-state index in [9.17, 15) is 4.79 Å². The van der Waals surface area contributed by atoms with Crippen molar-refractivity contribution in [3.05, 3.63) is 0 Å². The van der Waals surface area contributed by atoms with Crippen LogP contribution in [0.25, 0.3) is 0 Å². The van der Waals surface area contributed by atoms with Gasteiger partial charge in [0.15, 0.2) is 5.84 Å². The first kappa shape index (κ1) is 15.5. The molecule has 2 aliphatic rings. The molecule has 0 radical (unpaired) electrons. The van der Waals surface area contributed by atoms with Crippen molar-refractivity contribution >= 4 is 23.5 Å². The van der Waals surface area contributed by atoms with E-state index in [4.69, 9.17) is 10.9 Å². The fraction of sp³-hybridized carbons (Fsp3) is 0.857. The van der Waals surface area contributed by atoms with Gasteiger partial charge in [-0.05, 0) is 37.9 Å². The number of amides is 1. The Labute approximate surface area is 124 Å². The number of nitrogens with two attached hydrogens (primary N) is 1. The van der Waals surface area contributed by atoms with E-state index in [0.29, 0.717) is 18.1 Å². The van der Waals surface area contributed by atoms with E-state index in [0.717, 1.165) is 31.4 Å². The normalized spacial score (nSPS) is 29.6. The molecule has 1 amide bonds. The third kappa shape index (κ3) is 3.05. The number of rotatable bonds is 5. The number of hydrogen-bond acceptors (Lipinski definition) is 4. The number of amidine groups is 1. The first-order valence-electron chi connectivity index (χ1n) is 7.53. The second-order valence-corrected chi connectivity index (χ2v) is 7.41. The Hall–Kier alpha value is -0.910. The van der Waals surface area contributed by atoms with Gasteiger partial charge in [0.1, 0.15) is 5.41 Å². The van der Waals surface area contributed by atoms with E-state index >= 15 is 0 Å². The summed E-state index contributed by atoms with van der Waals surface area (Å²) < 4.78 is 0. The van der Waals surface area contributed by atoms with E-state index in [1.807, 2.05) is 11.8 Å². The van der Waals surface area contributed by atoms with Crippen molar-refractivity contribution in [1.82, 2.24) is 5.32 Å². The zero-order chi connectivity index (χ0) is 14.6. The first-order valence-corrected chi connectivity index (χ1v) is 8.58. The Bertz CT molecular complexity index is 381. The van der Waals surface area contributed by atoms with Crippen LogP contribution in [-0.2, 0) is 4.79 Å². The third-order valence-electron chi connectivity index (χ3n) is 4.61. The highest BCUT2D eigenvalue weighted by atomic mass is 32.2. The van der Waals surface area contributed by atoms with E-state index < -0.39 is 5.41 Å². The number of hydrogen-bond donors (Lipinski definition) is 3. The Kier molecular flexibility index (Phi) is 5.18. The average Bonchev–Trinajstić information content (AvgIpc) is 3.08. The zero-order valence-electron chi connectivity index (χ0n) is 12.1. The van der Waals surface area contributed by atoms with Gasteiger partial charge in [0, 0.05) is 11.3 Å². The zero-order valence-corrected chi connectivity index (χ0v) is 12.9. The summed E-state index contributed by atoms with van der Waals surface area (Å²) in [4.78, 5) is 12.6. The molecule has 0 aromatic heterocycles. The highest BCUT2D eigenvalue weighted by Gasteiger charge is 2.46. The molecule has 0 aliphatic heterocycles. The minimum Gasteiger partial charge on any atom is -0.409 e. The molecule has 0 aromatic carbocycles. The SMILES string of the molecule is CCSC1CCC(NC(=O)C2(C(N)=NO)CCCC2)C1. The van der Waals surface area contributed by atoms with Crippen molar-refractivity contribution in [1.29, 1.82) is 0 Å². The lowest BCUT2D eigenvalue weighted by molar-refractivity contribution is -0.128. The Morgan fingerprint density at radius 3 is 2.75 bits per heavy atom. The van der Waals surface area contributed by atoms with Gasteiger partial charge < -0.3 is 16.3 Å². The molecule has 2 aliphatic carbocycles. The molecule has 2 fully saturated rings. The van der Waals surface area contributed by atoms with Gasteiger partial charge in [0.2, 0.25) is 5.91 Å². The summed E-state index contributed by atoms with van der Waals surface area (Å²) in [7, 11) is 0. The summed E-state index contributed by atoms with van der Waals surface area (Å²) in [6.45, 7) is 2.17. The molecule has 5 nitrogen and oxygen atoms in total. The van der Waals surface area contributed by atoms with Crippen LogP contribution in [0, 0.1) is 5.41 Å². The van der Waals surface area contributed by atoms with Gasteiger partial charge in [-0.15, -0.1) is 0 Å². The number of thioether (sulfide) groups is 1. The summed E-state index contributed by atoms with van der Waals surface area (Å²) >= 11 is 1.97. The predicted molar refractivity (Wildman–Crippen MR) is 82.0 cm³/mol. The molecular formula is C14H25N3O2S. The van der Waals surface area contributed by atoms with Crippen LogP contribution in [0.4, 0.5) is 0 Å². The van der Waals surface area contributed by atoms with Crippen LogP contribution < -0.4 is 11.1 Å². The lowest BCUT2D eigenvalue weighted by Gasteiger charge is -2.28. The molecule has 0 spiro atoms. The quantitative estimate of drug-likeness (QED) is 0.314. The maximum atomic E-state index is 12.6. The number of oxime groups is 1. The van der Waals surface area contributed by atoms with Crippen molar-refractivity contribution < 1.29 is 10.0 Å². The molecule has 4 N–H and O–H groups in total. The first-order chi connectivity index (χ1) is 9.62. The molecule has 0 heterocycles. The van der Waals surface area contributed by atoms with Crippen LogP contribution in [0.1, 0.15) is 51.9 Å². The number of nitrogens with one attached hydrogen (secondary N) is 1. The second kappa shape index (κ2) is 6.70. The molecule has 6 heteroatoms. The Morgan fingerprint density at radius 2 is 2.15 bits per heavy atom. The molecule has 0 saturated heterocycles. The van der Waals surface area contributed by atoms with Gasteiger partial charge in [-0.3, -0.25) is 4.79 Å². The van der Waals surface area contributed by atoms with Crippen LogP contribution in [0.5, 0.6) is 0 Å². The maximum Gasteiger partial charge on any atom is 0.234 e. The van der Waals surface area contributed by atoms with E-state index in [1.54, 1.807) is 0 Å². The monoisotopic (exact) mass is 299 g/mol. The molecule has 2 unspecified atom stereocenters. The summed E-state index contributed by atoms with van der Waals surface area (Å²) in [6.07, 6.45) is 6.54. The highest BCUT2D eigenvalue weighted by molar-refractivity contribution is 7.99. The molecule has 0 aromatic rings. The molecular weight excluding hydrogens is 274 g/mol. The third-order valence-corrected chi connectivity index (χ3v) is 5.84. The smallest absolute Gasteiger partial charge is 0.234 e. The van der Waals surface area contributed by atoms with E-state index in [2.05, 4.69) is 17.4 Å². The summed E-state index contributed by atoms with van der Waals surface area (Å²) in [5, 5.41) is 15.9. The second-order valence-electron chi connectivity index (χ2n) is 5.84. The molecule has 114 valence electrons. The van der Waals surface area contributed by atoms with Crippen LogP contribution in [0.15, 0.2) is 5.16 Å². The lowest BCUT2D eigenvalue weighted by Crippen LogP contribution is -2.50. The van der Waals surface area contributed by atoms with Crippen LogP contribution in [0.3, 0.4) is 0 Å². The van der Waals surface area contributed by atoms with Crippen molar-refractivity contribution in [2.75, 3.05) is 5.75 Å². The standard InChI is InChI=1S/C14H25N3O2S/c1-2-20-11-6-5-10(9-11)16-13(18)14(12(15)17-19)7-3-4-8-14/h10-11,19H,2-9H2,1H3,(H2,15,17)(H,16,18). The molecule has 0 bridgehead atoms. The molecule has 20 heavy (non-hydrogen) atoms. The van der Waals surface area contributed by atoms with E-state index in [-0.39, 0.29) is 17.8 Å². The predicted octanol–water partition coefficient (Wildman–Crippen LogP) is 2.08. The maximum absolute atomic E-state index is 12.6. The van der Waals surface area contributed by atoms with Gasteiger partial charge in [0.25, 0.3) is 0 Å². The average molecular weight is 299 g/mol. The highest BCUT2D eigenvalue weighted by Crippen LogP contribution is 2.39. The van der Waals surface area contributed by atoms with E-state index in [1.165, 1.54) is 6.42 Å². The molecule has 2 saturated carbocycles. The van der Waals surface area contributed by atoms with Crippen molar-refractivity contribution in [3.63, 3.8) is 0 Å². The minimum absolute atomic E-state index is 0.0440. The number of nitrogens with zero attached hydrogens (tertiary/aromatic N) is 1. The fourth-order valence-electron chi connectivity index (χ4n) is 3.46. The Morgan fingerprint density at radius 1 is 1.45 bits per heavy atom. The largest absolute Gasteiger partial charge is 0.409 e. The number of carbonyl (C=O) groups excluding carboxylic acids is 1. The van der Waals surface area contributed by atoms with Gasteiger partial charge >= 0.3 is 0 Å². The van der Waals surface area contributed by atoms with Gasteiger partial charge in [0.05, 0.1) is 0 Å². The van der Waals surface area contributed by atoms with Crippen molar-refractivity contribution in [2.24, 2.45) is 16.3 Å². The van der Waals surface area contributed by atoms with Gasteiger partial charge in [-0.1, -0.05) is 24.9 Å². The van der Waals surface area contributed by atoms with Gasteiger partial charge in [-0.2, -0.15) is 11.8 Å². The van der Waals surface area contributed by atoms with Gasteiger partial charge in [-0.25, -0.2) is 0 Å². The van der Waals surface area contributed by atoms with Crippen molar-refractivity contribution in [3.8, 4) is 0 Å². The summed E-state index contributed by atoms with van der Waals surface area (Å²) in [5.74, 6) is 1.15. The molecule has 2 rings (SSSR count). The van der Waals surface area contributed by atoms with Crippen LogP contribution in [-0.4, -0.2) is 34.0 Å². The summed E-state index contributed by atoms with van der Waals surface area (Å²) in [6, 6.07) is 0.246.